The number of nitrogens with zero attached hydrogens (tertiary/aromatic N) is 2. The third-order valence-corrected chi connectivity index (χ3v) is 3.72. The lowest BCUT2D eigenvalue weighted by molar-refractivity contribution is -0.121. The third kappa shape index (κ3) is 3.60. The number of aromatic carboxylic acids is 1. The van der Waals surface area contributed by atoms with Gasteiger partial charge in [0, 0.05) is 18.8 Å². The van der Waals surface area contributed by atoms with Gasteiger partial charge in [0.05, 0.1) is 0 Å². The summed E-state index contributed by atoms with van der Waals surface area (Å²) in [6, 6.07) is 3.44. The fraction of sp³-hybridized carbons (Fsp3) is 0.571. The van der Waals surface area contributed by atoms with E-state index in [4.69, 9.17) is 5.11 Å². The molecule has 1 aromatic heterocycles. The van der Waals surface area contributed by atoms with E-state index in [1.807, 2.05) is 0 Å². The highest BCUT2D eigenvalue weighted by Gasteiger charge is 2.18. The van der Waals surface area contributed by atoms with Crippen molar-refractivity contribution in [3.05, 3.63) is 24.0 Å². The molecule has 0 aliphatic carbocycles. The highest BCUT2D eigenvalue weighted by molar-refractivity contribution is 5.86. The number of carbonyl (C=O) groups excluding carboxylic acids is 1. The lowest BCUT2D eigenvalue weighted by atomic mass is 10.3. The van der Waals surface area contributed by atoms with Crippen molar-refractivity contribution in [2.45, 2.75) is 32.4 Å². The van der Waals surface area contributed by atoms with Crippen LogP contribution in [0, 0.1) is 0 Å². The van der Waals surface area contributed by atoms with Gasteiger partial charge in [-0.2, -0.15) is 0 Å². The lowest BCUT2D eigenvalue weighted by Crippen LogP contribution is -2.41. The van der Waals surface area contributed by atoms with E-state index in [2.05, 4.69) is 17.1 Å². The molecule has 2 rings (SSSR count). The largest absolute Gasteiger partial charge is 0.477 e. The molecule has 1 unspecified atom stereocenters. The van der Waals surface area contributed by atoms with Gasteiger partial charge in [-0.15, -0.1) is 0 Å². The van der Waals surface area contributed by atoms with Crippen molar-refractivity contribution in [3.63, 3.8) is 0 Å². The van der Waals surface area contributed by atoms with Crippen molar-refractivity contribution in [2.24, 2.45) is 0 Å². The second-order valence-corrected chi connectivity index (χ2v) is 5.22. The van der Waals surface area contributed by atoms with E-state index in [1.54, 1.807) is 12.3 Å². The van der Waals surface area contributed by atoms with E-state index in [1.165, 1.54) is 23.5 Å². The monoisotopic (exact) mass is 279 g/mol. The fourth-order valence-corrected chi connectivity index (χ4v) is 2.53. The second kappa shape index (κ2) is 6.56. The topological polar surface area (TPSA) is 74.6 Å². The SMILES string of the molecule is CC(CNC(=O)Cn1cccc1C(=O)O)N1CCCC1. The lowest BCUT2D eigenvalue weighted by Gasteiger charge is -2.23. The summed E-state index contributed by atoms with van der Waals surface area (Å²) in [7, 11) is 0. The zero-order chi connectivity index (χ0) is 14.5. The van der Waals surface area contributed by atoms with Gasteiger partial charge in [0.1, 0.15) is 12.2 Å². The molecule has 110 valence electrons. The molecule has 6 heteroatoms. The molecule has 20 heavy (non-hydrogen) atoms. The van der Waals surface area contributed by atoms with Crippen molar-refractivity contribution < 1.29 is 14.7 Å². The predicted molar refractivity (Wildman–Crippen MR) is 74.7 cm³/mol. The Labute approximate surface area is 118 Å². The number of carboxylic acids is 1. The summed E-state index contributed by atoms with van der Waals surface area (Å²) in [6.07, 6.45) is 4.06. The molecular weight excluding hydrogens is 258 g/mol. The van der Waals surface area contributed by atoms with Gasteiger partial charge in [0.15, 0.2) is 0 Å². The molecule has 0 bridgehead atoms. The van der Waals surface area contributed by atoms with Gasteiger partial charge in [-0.25, -0.2) is 4.79 Å². The molecule has 0 spiro atoms. The van der Waals surface area contributed by atoms with Crippen molar-refractivity contribution >= 4 is 11.9 Å². The maximum absolute atomic E-state index is 11.9. The molecule has 1 aliphatic heterocycles. The average Bonchev–Trinajstić information content (AvgIpc) is 3.06. The number of nitrogens with one attached hydrogen (secondary N) is 1. The molecule has 1 amide bonds. The highest BCUT2D eigenvalue weighted by Crippen LogP contribution is 2.10. The minimum atomic E-state index is -1.02. The summed E-state index contributed by atoms with van der Waals surface area (Å²) in [6.45, 7) is 4.93. The van der Waals surface area contributed by atoms with Gasteiger partial charge in [-0.1, -0.05) is 0 Å². The molecule has 1 saturated heterocycles. The Morgan fingerprint density at radius 2 is 2.10 bits per heavy atom. The first-order valence-electron chi connectivity index (χ1n) is 6.97. The first-order chi connectivity index (χ1) is 9.58. The molecule has 2 N–H and O–H groups in total. The van der Waals surface area contributed by atoms with Crippen molar-refractivity contribution in [1.82, 2.24) is 14.8 Å². The Morgan fingerprint density at radius 3 is 2.75 bits per heavy atom. The summed E-state index contributed by atoms with van der Waals surface area (Å²) in [4.78, 5) is 25.2. The molecule has 0 aromatic carbocycles. The van der Waals surface area contributed by atoms with Crippen LogP contribution in [0.1, 0.15) is 30.3 Å². The Kier molecular flexibility index (Phi) is 4.79. The number of amides is 1. The number of hydrogen-bond acceptors (Lipinski definition) is 3. The van der Waals surface area contributed by atoms with Crippen LogP contribution in [-0.2, 0) is 11.3 Å². The van der Waals surface area contributed by atoms with Gasteiger partial charge in [-0.3, -0.25) is 9.69 Å². The van der Waals surface area contributed by atoms with E-state index >= 15 is 0 Å². The minimum Gasteiger partial charge on any atom is -0.477 e. The molecule has 0 saturated carbocycles. The third-order valence-electron chi connectivity index (χ3n) is 3.72. The molecular formula is C14H21N3O3. The van der Waals surface area contributed by atoms with Crippen LogP contribution in [0.4, 0.5) is 0 Å². The highest BCUT2D eigenvalue weighted by atomic mass is 16.4. The number of carboxylic acid groups (broad SMARTS) is 1. The van der Waals surface area contributed by atoms with Crippen LogP contribution >= 0.6 is 0 Å². The normalized spacial score (nSPS) is 17.1. The zero-order valence-corrected chi connectivity index (χ0v) is 11.7. The summed E-state index contributed by atoms with van der Waals surface area (Å²) < 4.78 is 1.44. The van der Waals surface area contributed by atoms with E-state index in [9.17, 15) is 9.59 Å². The van der Waals surface area contributed by atoms with Crippen LogP contribution in [-0.4, -0.2) is 52.1 Å². The van der Waals surface area contributed by atoms with E-state index in [0.29, 0.717) is 12.6 Å². The number of aromatic nitrogens is 1. The first kappa shape index (κ1) is 14.6. The number of hydrogen-bond donors (Lipinski definition) is 2. The number of carbonyl (C=O) groups is 2. The molecule has 1 aliphatic rings. The smallest absolute Gasteiger partial charge is 0.352 e. The van der Waals surface area contributed by atoms with Crippen molar-refractivity contribution in [2.75, 3.05) is 19.6 Å². The van der Waals surface area contributed by atoms with E-state index in [-0.39, 0.29) is 18.1 Å². The molecule has 1 atom stereocenters. The van der Waals surface area contributed by atoms with E-state index < -0.39 is 5.97 Å². The van der Waals surface area contributed by atoms with Crippen LogP contribution in [0.2, 0.25) is 0 Å². The maximum Gasteiger partial charge on any atom is 0.352 e. The maximum atomic E-state index is 11.9. The van der Waals surface area contributed by atoms with Gasteiger partial charge < -0.3 is 15.0 Å². The standard InChI is InChI=1S/C14H21N3O3/c1-11(16-6-2-3-7-16)9-15-13(18)10-17-8-4-5-12(17)14(19)20/h4-5,8,11H,2-3,6-7,9-10H2,1H3,(H,15,18)(H,19,20). The molecule has 2 heterocycles. The summed E-state index contributed by atoms with van der Waals surface area (Å²) in [5.74, 6) is -1.18. The molecule has 0 radical (unpaired) electrons. The minimum absolute atomic E-state index is 0.0430. The zero-order valence-electron chi connectivity index (χ0n) is 11.7. The van der Waals surface area contributed by atoms with Crippen LogP contribution in [0.15, 0.2) is 18.3 Å². The van der Waals surface area contributed by atoms with Crippen LogP contribution in [0.25, 0.3) is 0 Å². The van der Waals surface area contributed by atoms with Gasteiger partial charge in [0.25, 0.3) is 0 Å². The summed E-state index contributed by atoms with van der Waals surface area (Å²) in [5.41, 5.74) is 0.132. The van der Waals surface area contributed by atoms with Crippen LogP contribution in [0.5, 0.6) is 0 Å². The fourth-order valence-electron chi connectivity index (χ4n) is 2.53. The molecule has 1 aromatic rings. The Balaban J connectivity index is 1.80. The summed E-state index contributed by atoms with van der Waals surface area (Å²) >= 11 is 0. The average molecular weight is 279 g/mol. The summed E-state index contributed by atoms with van der Waals surface area (Å²) in [5, 5.41) is 11.8. The van der Waals surface area contributed by atoms with Crippen molar-refractivity contribution in [3.8, 4) is 0 Å². The van der Waals surface area contributed by atoms with Gasteiger partial charge in [0.2, 0.25) is 5.91 Å². The Bertz CT molecular complexity index is 478. The number of likely N-dealkylation sites (tertiary alicyclic amines) is 1. The Morgan fingerprint density at radius 1 is 1.40 bits per heavy atom. The Hall–Kier alpha value is -1.82. The predicted octanol–water partition coefficient (Wildman–Crippen LogP) is 0.787. The number of rotatable bonds is 6. The van der Waals surface area contributed by atoms with E-state index in [0.717, 1.165) is 13.1 Å². The van der Waals surface area contributed by atoms with Gasteiger partial charge in [-0.05, 0) is 45.0 Å². The molecule has 1 fully saturated rings. The van der Waals surface area contributed by atoms with Gasteiger partial charge >= 0.3 is 5.97 Å². The van der Waals surface area contributed by atoms with Crippen LogP contribution < -0.4 is 5.32 Å². The quantitative estimate of drug-likeness (QED) is 0.807. The molecule has 6 nitrogen and oxygen atoms in total. The van der Waals surface area contributed by atoms with Crippen LogP contribution in [0.3, 0.4) is 0 Å². The van der Waals surface area contributed by atoms with Crippen molar-refractivity contribution in [1.29, 1.82) is 0 Å². The first-order valence-corrected chi connectivity index (χ1v) is 6.97. The second-order valence-electron chi connectivity index (χ2n) is 5.22.